The van der Waals surface area contributed by atoms with Crippen molar-refractivity contribution in [2.45, 2.75) is 122 Å². The third kappa shape index (κ3) is 7.86. The first-order chi connectivity index (χ1) is 23.5. The smallest absolute Gasteiger partial charge is 0.313 e. The van der Waals surface area contributed by atoms with E-state index >= 15 is 0 Å². The number of hydrogen-bond acceptors (Lipinski definition) is 7. The summed E-state index contributed by atoms with van der Waals surface area (Å²) in [7, 11) is 1.70. The lowest BCUT2D eigenvalue weighted by Crippen LogP contribution is -2.61. The summed E-state index contributed by atoms with van der Waals surface area (Å²) in [6, 6.07) is 7.87. The van der Waals surface area contributed by atoms with Gasteiger partial charge in [-0.15, -0.1) is 13.2 Å². The molecule has 1 spiro atoms. The molecule has 3 aliphatic rings. The normalized spacial score (nSPS) is 25.5. The summed E-state index contributed by atoms with van der Waals surface area (Å²) in [6.07, 6.45) is 5.50. The van der Waals surface area contributed by atoms with Gasteiger partial charge in [0.25, 0.3) is 0 Å². The average molecular weight is 694 g/mol. The molecule has 3 heterocycles. The fourth-order valence-corrected chi connectivity index (χ4v) is 8.76. The lowest BCUT2D eigenvalue weighted by Gasteiger charge is -2.45. The molecule has 276 valence electrons. The zero-order valence-corrected chi connectivity index (χ0v) is 31.2. The van der Waals surface area contributed by atoms with E-state index in [-0.39, 0.29) is 42.7 Å². The van der Waals surface area contributed by atoms with Gasteiger partial charge >= 0.3 is 5.97 Å². The van der Waals surface area contributed by atoms with Crippen LogP contribution in [0.15, 0.2) is 55.6 Å². The Morgan fingerprint density at radius 3 is 2.40 bits per heavy atom. The first-order valence-corrected chi connectivity index (χ1v) is 18.2. The molecule has 0 saturated carbocycles. The number of aliphatic hydroxyl groups excluding tert-OH is 1. The first kappa shape index (κ1) is 39.3. The van der Waals surface area contributed by atoms with E-state index in [2.05, 4.69) is 33.9 Å². The number of esters is 1. The Bertz CT molecular complexity index is 1410. The molecule has 3 aliphatic heterocycles. The van der Waals surface area contributed by atoms with E-state index in [1.54, 1.807) is 29.0 Å². The molecule has 10 heteroatoms. The summed E-state index contributed by atoms with van der Waals surface area (Å²) in [5.41, 5.74) is -1.11. The van der Waals surface area contributed by atoms with Crippen LogP contribution in [0.4, 0.5) is 0 Å². The van der Waals surface area contributed by atoms with Gasteiger partial charge in [0.2, 0.25) is 17.7 Å². The average Bonchev–Trinajstić information content (AvgIpc) is 3.70. The number of carbonyl (C=O) groups excluding carboxylic acids is 4. The number of carbonyl (C=O) groups is 4. The van der Waals surface area contributed by atoms with Crippen molar-refractivity contribution in [1.29, 1.82) is 0 Å². The molecule has 0 aromatic heterocycles. The van der Waals surface area contributed by atoms with Crippen LogP contribution in [0.5, 0.6) is 0 Å². The number of benzene rings is 1. The third-order valence-corrected chi connectivity index (χ3v) is 10.8. The summed E-state index contributed by atoms with van der Waals surface area (Å²) in [5.74, 6) is -2.98. The standard InChI is InChI=1S/C40H59N3O7/c1-10-12-20-30(45)41(9)27(3)33(28-18-14-13-15-19-28)49-37(48)31-29-21-22-40(50-29)32(31)35(46)42(24-16-17-25-44)34(40)36(47)43(23-11-2)39(7,8)26-38(4,5)6/h10-11,13-15,18-19,27,29,31-34,44H,1-2,12,16-17,20-26H2,3-9H3/t27-,29-,31+,32+,33+,34-,40+/m1/s1. The molecule has 1 N–H and O–H groups in total. The zero-order chi connectivity index (χ0) is 37.0. The van der Waals surface area contributed by atoms with Gasteiger partial charge in [0.1, 0.15) is 17.7 Å². The molecule has 4 rings (SSSR count). The van der Waals surface area contributed by atoms with Crippen molar-refractivity contribution in [3.8, 4) is 0 Å². The predicted molar refractivity (Wildman–Crippen MR) is 193 cm³/mol. The van der Waals surface area contributed by atoms with Crippen molar-refractivity contribution in [1.82, 2.24) is 14.7 Å². The Morgan fingerprint density at radius 1 is 1.12 bits per heavy atom. The van der Waals surface area contributed by atoms with Gasteiger partial charge in [-0.25, -0.2) is 0 Å². The van der Waals surface area contributed by atoms with Crippen LogP contribution in [-0.2, 0) is 28.7 Å². The molecule has 0 radical (unpaired) electrons. The number of likely N-dealkylation sites (N-methyl/N-ethyl adjacent to an activating group) is 1. The highest BCUT2D eigenvalue weighted by atomic mass is 16.6. The van der Waals surface area contributed by atoms with E-state index in [4.69, 9.17) is 9.47 Å². The van der Waals surface area contributed by atoms with Gasteiger partial charge in [0.05, 0.1) is 24.0 Å². The summed E-state index contributed by atoms with van der Waals surface area (Å²) >= 11 is 0. The predicted octanol–water partition coefficient (Wildman–Crippen LogP) is 5.46. The minimum Gasteiger partial charge on any atom is -0.455 e. The fourth-order valence-electron chi connectivity index (χ4n) is 8.76. The van der Waals surface area contributed by atoms with Crippen molar-refractivity contribution >= 4 is 23.7 Å². The Hall–Kier alpha value is -3.50. The van der Waals surface area contributed by atoms with Gasteiger partial charge in [-0.2, -0.15) is 0 Å². The molecule has 1 aromatic carbocycles. The molecule has 0 aliphatic carbocycles. The second-order valence-electron chi connectivity index (χ2n) is 16.1. The van der Waals surface area contributed by atoms with Crippen molar-refractivity contribution in [3.05, 3.63) is 61.2 Å². The van der Waals surface area contributed by atoms with E-state index < -0.39 is 53.2 Å². The topological polar surface area (TPSA) is 117 Å². The number of amides is 3. The van der Waals surface area contributed by atoms with Crippen LogP contribution in [0.3, 0.4) is 0 Å². The fraction of sp³-hybridized carbons (Fsp3) is 0.650. The Balaban J connectivity index is 1.71. The number of rotatable bonds is 17. The molecule has 3 saturated heterocycles. The molecule has 7 atom stereocenters. The second-order valence-corrected chi connectivity index (χ2v) is 16.1. The van der Waals surface area contributed by atoms with E-state index in [9.17, 15) is 24.3 Å². The number of likely N-dealkylation sites (tertiary alicyclic amines) is 1. The van der Waals surface area contributed by atoms with Gasteiger partial charge in [0.15, 0.2) is 0 Å². The quantitative estimate of drug-likeness (QED) is 0.131. The molecule has 10 nitrogen and oxygen atoms in total. The summed E-state index contributed by atoms with van der Waals surface area (Å²) < 4.78 is 13.1. The Labute approximate surface area is 298 Å². The lowest BCUT2D eigenvalue weighted by molar-refractivity contribution is -0.164. The van der Waals surface area contributed by atoms with Crippen LogP contribution in [0.25, 0.3) is 0 Å². The van der Waals surface area contributed by atoms with Crippen LogP contribution < -0.4 is 0 Å². The van der Waals surface area contributed by atoms with Gasteiger partial charge in [-0.3, -0.25) is 19.2 Å². The number of fused-ring (bicyclic) bond motifs is 1. The van der Waals surface area contributed by atoms with Crippen LogP contribution in [-0.4, -0.2) is 99.6 Å². The number of hydrogen-bond donors (Lipinski definition) is 1. The molecular weight excluding hydrogens is 634 g/mol. The monoisotopic (exact) mass is 693 g/mol. The third-order valence-electron chi connectivity index (χ3n) is 10.8. The van der Waals surface area contributed by atoms with E-state index in [0.29, 0.717) is 45.1 Å². The van der Waals surface area contributed by atoms with Crippen molar-refractivity contribution in [3.63, 3.8) is 0 Å². The van der Waals surface area contributed by atoms with Gasteiger partial charge in [-0.05, 0) is 70.3 Å². The number of allylic oxidation sites excluding steroid dienone is 1. The van der Waals surface area contributed by atoms with Crippen LogP contribution in [0.2, 0.25) is 0 Å². The number of nitrogens with zero attached hydrogens (tertiary/aromatic N) is 3. The summed E-state index contributed by atoms with van der Waals surface area (Å²) in [5, 5.41) is 9.57. The highest BCUT2D eigenvalue weighted by molar-refractivity contribution is 5.98. The minimum absolute atomic E-state index is 0.0342. The first-order valence-electron chi connectivity index (χ1n) is 18.2. The maximum atomic E-state index is 14.9. The van der Waals surface area contributed by atoms with Crippen LogP contribution in [0, 0.1) is 17.3 Å². The molecule has 1 aromatic rings. The van der Waals surface area contributed by atoms with Crippen molar-refractivity contribution < 1.29 is 33.8 Å². The van der Waals surface area contributed by atoms with E-state index in [1.165, 1.54) is 0 Å². The number of aliphatic hydroxyl groups is 1. The number of ether oxygens (including phenoxy) is 2. The highest BCUT2D eigenvalue weighted by Gasteiger charge is 2.75. The zero-order valence-electron chi connectivity index (χ0n) is 31.2. The molecule has 3 fully saturated rings. The Morgan fingerprint density at radius 2 is 1.80 bits per heavy atom. The van der Waals surface area contributed by atoms with Gasteiger partial charge in [-0.1, -0.05) is 63.3 Å². The maximum Gasteiger partial charge on any atom is 0.313 e. The molecule has 0 unspecified atom stereocenters. The lowest BCUT2D eigenvalue weighted by atomic mass is 9.70. The SMILES string of the molecule is C=CCCC(=O)N(C)[C@H](C)[C@H](OC(=O)[C@@H]1[C@H]2C(=O)N(CCCCO)[C@H](C(=O)N(CC=C)C(C)(C)CC(C)(C)C)[C@]23CC[C@H]1O3)c1ccccc1. The second kappa shape index (κ2) is 15.8. The van der Waals surface area contributed by atoms with Crippen molar-refractivity contribution in [2.75, 3.05) is 26.7 Å². The maximum absolute atomic E-state index is 14.9. The van der Waals surface area contributed by atoms with Crippen LogP contribution >= 0.6 is 0 Å². The van der Waals surface area contributed by atoms with Crippen molar-refractivity contribution in [2.24, 2.45) is 17.3 Å². The van der Waals surface area contributed by atoms with Gasteiger partial charge < -0.3 is 29.3 Å². The Kier molecular flexibility index (Phi) is 12.4. The minimum atomic E-state index is -1.19. The molecule has 50 heavy (non-hydrogen) atoms. The number of unbranched alkanes of at least 4 members (excludes halogenated alkanes) is 1. The van der Waals surface area contributed by atoms with E-state index in [0.717, 1.165) is 5.56 Å². The molecule has 2 bridgehead atoms. The highest BCUT2D eigenvalue weighted by Crippen LogP contribution is 2.59. The molecule has 3 amide bonds. The largest absolute Gasteiger partial charge is 0.455 e. The van der Waals surface area contributed by atoms with Gasteiger partial charge in [0, 0.05) is 38.7 Å². The van der Waals surface area contributed by atoms with E-state index in [1.807, 2.05) is 56.0 Å². The summed E-state index contributed by atoms with van der Waals surface area (Å²) in [6.45, 7) is 20.5. The molecular formula is C40H59N3O7. The summed E-state index contributed by atoms with van der Waals surface area (Å²) in [4.78, 5) is 62.0. The van der Waals surface area contributed by atoms with Crippen LogP contribution in [0.1, 0.15) is 98.2 Å².